The highest BCUT2D eigenvalue weighted by atomic mass is 79.9. The zero-order chi connectivity index (χ0) is 14.5. The van der Waals surface area contributed by atoms with Crippen LogP contribution in [0.4, 0.5) is 0 Å². The zero-order valence-corrected chi connectivity index (χ0v) is 13.6. The summed E-state index contributed by atoms with van der Waals surface area (Å²) < 4.78 is 7.99. The van der Waals surface area contributed by atoms with E-state index in [1.807, 2.05) is 22.8 Å². The number of nitrogens with zero attached hydrogens (tertiary/aromatic N) is 2. The second-order valence-electron chi connectivity index (χ2n) is 4.31. The molecule has 6 heteroatoms. The van der Waals surface area contributed by atoms with Gasteiger partial charge in [-0.3, -0.25) is 4.79 Å². The lowest BCUT2D eigenvalue weighted by Crippen LogP contribution is -2.11. The van der Waals surface area contributed by atoms with E-state index in [0.29, 0.717) is 31.9 Å². The van der Waals surface area contributed by atoms with Crippen molar-refractivity contribution >= 4 is 44.5 Å². The average molecular weight is 360 g/mol. The third-order valence-corrected chi connectivity index (χ3v) is 3.63. The second-order valence-corrected chi connectivity index (χ2v) is 5.60. The molecule has 0 amide bonds. The van der Waals surface area contributed by atoms with E-state index in [1.165, 1.54) is 0 Å². The first-order valence-electron chi connectivity index (χ1n) is 6.52. The summed E-state index contributed by atoms with van der Waals surface area (Å²) in [5, 5.41) is 0. The van der Waals surface area contributed by atoms with Crippen molar-refractivity contribution in [3.05, 3.63) is 28.5 Å². The van der Waals surface area contributed by atoms with Crippen LogP contribution in [0, 0.1) is 0 Å². The number of benzene rings is 1. The number of aromatic nitrogens is 2. The summed E-state index contributed by atoms with van der Waals surface area (Å²) in [5.41, 5.74) is 1.92. The minimum absolute atomic E-state index is 0.191. The maximum atomic E-state index is 11.5. The molecule has 1 aromatic carbocycles. The lowest BCUT2D eigenvalue weighted by atomic mass is 10.3. The number of carbonyl (C=O) groups is 1. The smallest absolute Gasteiger partial charge is 0.307 e. The predicted octanol–water partition coefficient (Wildman–Crippen LogP) is 3.53. The first kappa shape index (κ1) is 15.3. The zero-order valence-electron chi connectivity index (χ0n) is 11.2. The molecule has 1 heterocycles. The molecule has 4 nitrogen and oxygen atoms in total. The Balaban J connectivity index is 2.28. The number of alkyl halides is 1. The molecule has 0 saturated heterocycles. The normalized spacial score (nSPS) is 10.9. The van der Waals surface area contributed by atoms with Crippen LogP contribution < -0.4 is 0 Å². The molecule has 0 aliphatic carbocycles. The van der Waals surface area contributed by atoms with Crippen molar-refractivity contribution in [2.75, 3.05) is 12.5 Å². The van der Waals surface area contributed by atoms with Crippen LogP contribution in [0.15, 0.2) is 22.7 Å². The number of aryl methyl sites for hydroxylation is 2. The highest BCUT2D eigenvalue weighted by Gasteiger charge is 2.12. The van der Waals surface area contributed by atoms with Crippen molar-refractivity contribution in [1.29, 1.82) is 0 Å². The van der Waals surface area contributed by atoms with E-state index in [1.54, 1.807) is 6.92 Å². The Bertz CT molecular complexity index is 612. The molecule has 0 radical (unpaired) electrons. The Morgan fingerprint density at radius 1 is 1.50 bits per heavy atom. The van der Waals surface area contributed by atoms with Gasteiger partial charge < -0.3 is 9.30 Å². The van der Waals surface area contributed by atoms with Crippen molar-refractivity contribution in [2.45, 2.75) is 26.3 Å². The van der Waals surface area contributed by atoms with E-state index in [0.717, 1.165) is 21.3 Å². The van der Waals surface area contributed by atoms with Gasteiger partial charge in [0.1, 0.15) is 5.82 Å². The van der Waals surface area contributed by atoms with Crippen LogP contribution >= 0.6 is 27.5 Å². The number of hydrogen-bond donors (Lipinski definition) is 0. The SMILES string of the molecule is CCOC(=O)CCn1c(CCCl)nc2cc(Br)ccc21. The molecule has 0 fully saturated rings. The van der Waals surface area contributed by atoms with Gasteiger partial charge in [0.25, 0.3) is 0 Å². The Morgan fingerprint density at radius 2 is 2.30 bits per heavy atom. The minimum Gasteiger partial charge on any atom is -0.466 e. The third-order valence-electron chi connectivity index (χ3n) is 2.95. The van der Waals surface area contributed by atoms with Crippen LogP contribution in [-0.4, -0.2) is 28.0 Å². The number of imidazole rings is 1. The summed E-state index contributed by atoms with van der Waals surface area (Å²) in [7, 11) is 0. The highest BCUT2D eigenvalue weighted by Crippen LogP contribution is 2.22. The van der Waals surface area contributed by atoms with Gasteiger partial charge in [0.2, 0.25) is 0 Å². The van der Waals surface area contributed by atoms with E-state index in [9.17, 15) is 4.79 Å². The molecule has 108 valence electrons. The summed E-state index contributed by atoms with van der Waals surface area (Å²) in [6, 6.07) is 5.93. The average Bonchev–Trinajstić information content (AvgIpc) is 2.74. The molecule has 0 aliphatic heterocycles. The summed E-state index contributed by atoms with van der Waals surface area (Å²) in [5.74, 6) is 1.21. The van der Waals surface area contributed by atoms with Crippen LogP contribution in [0.25, 0.3) is 11.0 Å². The van der Waals surface area contributed by atoms with E-state index in [4.69, 9.17) is 16.3 Å². The van der Waals surface area contributed by atoms with Crippen LogP contribution in [0.2, 0.25) is 0 Å². The van der Waals surface area contributed by atoms with Crippen molar-refractivity contribution < 1.29 is 9.53 Å². The topological polar surface area (TPSA) is 44.1 Å². The standard InChI is InChI=1S/C14H16BrClN2O2/c1-2-20-14(19)6-8-18-12-4-3-10(15)9-11(12)17-13(18)5-7-16/h3-4,9H,2,5-8H2,1H3. The third kappa shape index (κ3) is 3.52. The molecule has 0 bridgehead atoms. The van der Waals surface area contributed by atoms with Gasteiger partial charge in [-0.25, -0.2) is 4.98 Å². The first-order chi connectivity index (χ1) is 9.65. The monoisotopic (exact) mass is 358 g/mol. The van der Waals surface area contributed by atoms with Gasteiger partial charge in [0, 0.05) is 23.3 Å². The number of rotatable bonds is 6. The molecule has 0 aliphatic rings. The van der Waals surface area contributed by atoms with Crippen LogP contribution in [0.5, 0.6) is 0 Å². The second kappa shape index (κ2) is 7.09. The molecule has 20 heavy (non-hydrogen) atoms. The number of fused-ring (bicyclic) bond motifs is 1. The van der Waals surface area contributed by atoms with Crippen LogP contribution in [-0.2, 0) is 22.5 Å². The molecule has 0 saturated carbocycles. The first-order valence-corrected chi connectivity index (χ1v) is 7.84. The number of ether oxygens (including phenoxy) is 1. The lowest BCUT2D eigenvalue weighted by molar-refractivity contribution is -0.143. The van der Waals surface area contributed by atoms with Gasteiger partial charge in [0.15, 0.2) is 0 Å². The maximum absolute atomic E-state index is 11.5. The predicted molar refractivity (Wildman–Crippen MR) is 83.1 cm³/mol. The summed E-state index contributed by atoms with van der Waals surface area (Å²) in [6.07, 6.45) is 1.02. The molecule has 0 atom stereocenters. The van der Waals surface area contributed by atoms with E-state index in [2.05, 4.69) is 20.9 Å². The maximum Gasteiger partial charge on any atom is 0.307 e. The van der Waals surface area contributed by atoms with Crippen LogP contribution in [0.1, 0.15) is 19.2 Å². The molecule has 0 unspecified atom stereocenters. The van der Waals surface area contributed by atoms with Gasteiger partial charge in [-0.1, -0.05) is 15.9 Å². The minimum atomic E-state index is -0.191. The van der Waals surface area contributed by atoms with Gasteiger partial charge in [-0.2, -0.15) is 0 Å². The quantitative estimate of drug-likeness (QED) is 0.585. The van der Waals surface area contributed by atoms with Crippen molar-refractivity contribution in [2.24, 2.45) is 0 Å². The van der Waals surface area contributed by atoms with E-state index >= 15 is 0 Å². The Kier molecular flexibility index (Phi) is 5.43. The van der Waals surface area contributed by atoms with Gasteiger partial charge >= 0.3 is 5.97 Å². The fourth-order valence-corrected chi connectivity index (χ4v) is 2.63. The molecule has 1 aromatic heterocycles. The Labute approximate surface area is 131 Å². The van der Waals surface area contributed by atoms with Gasteiger partial charge in [-0.15, -0.1) is 11.6 Å². The molecule has 2 rings (SSSR count). The largest absolute Gasteiger partial charge is 0.466 e. The van der Waals surface area contributed by atoms with Crippen LogP contribution in [0.3, 0.4) is 0 Å². The molecular formula is C14H16BrClN2O2. The summed E-state index contributed by atoms with van der Waals surface area (Å²) in [6.45, 7) is 2.77. The number of halogens is 2. The fourth-order valence-electron chi connectivity index (χ4n) is 2.11. The van der Waals surface area contributed by atoms with E-state index < -0.39 is 0 Å². The number of esters is 1. The fraction of sp³-hybridized carbons (Fsp3) is 0.429. The lowest BCUT2D eigenvalue weighted by Gasteiger charge is -2.08. The summed E-state index contributed by atoms with van der Waals surface area (Å²) in [4.78, 5) is 16.1. The molecule has 0 spiro atoms. The highest BCUT2D eigenvalue weighted by molar-refractivity contribution is 9.10. The van der Waals surface area contributed by atoms with Crippen molar-refractivity contribution in [3.8, 4) is 0 Å². The molecular weight excluding hydrogens is 344 g/mol. The van der Waals surface area contributed by atoms with Gasteiger partial charge in [0.05, 0.1) is 24.1 Å². The molecule has 0 N–H and O–H groups in total. The Hall–Kier alpha value is -1.07. The van der Waals surface area contributed by atoms with Gasteiger partial charge in [-0.05, 0) is 25.1 Å². The van der Waals surface area contributed by atoms with Crippen molar-refractivity contribution in [1.82, 2.24) is 9.55 Å². The number of carbonyl (C=O) groups excluding carboxylic acids is 1. The molecule has 2 aromatic rings. The van der Waals surface area contributed by atoms with E-state index in [-0.39, 0.29) is 5.97 Å². The summed E-state index contributed by atoms with van der Waals surface area (Å²) >= 11 is 9.26. The van der Waals surface area contributed by atoms with Crippen molar-refractivity contribution in [3.63, 3.8) is 0 Å². The Morgan fingerprint density at radius 3 is 3.00 bits per heavy atom. The number of hydrogen-bond acceptors (Lipinski definition) is 3.